The van der Waals surface area contributed by atoms with Gasteiger partial charge in [0.25, 0.3) is 10.0 Å². The lowest BCUT2D eigenvalue weighted by molar-refractivity contribution is 0.473. The molecule has 0 fully saturated rings. The normalized spacial score (nSPS) is 11.4. The topological polar surface area (TPSA) is 66.4 Å². The molecule has 0 aliphatic carbocycles. The van der Waals surface area contributed by atoms with Crippen LogP contribution in [0.4, 0.5) is 10.1 Å². The molecule has 2 aromatic carbocycles. The van der Waals surface area contributed by atoms with Crippen LogP contribution < -0.4 is 4.72 Å². The van der Waals surface area contributed by atoms with Gasteiger partial charge in [-0.1, -0.05) is 27.5 Å². The molecule has 2 N–H and O–H groups in total. The Labute approximate surface area is 134 Å². The number of rotatable bonds is 3. The fourth-order valence-electron chi connectivity index (χ4n) is 1.71. The van der Waals surface area contributed by atoms with Crippen LogP contribution in [-0.2, 0) is 10.0 Å². The van der Waals surface area contributed by atoms with Crippen molar-refractivity contribution in [3.8, 4) is 5.75 Å². The number of phenols is 1. The summed E-state index contributed by atoms with van der Waals surface area (Å²) in [6.07, 6.45) is 0. The standard InChI is InChI=1S/C13H10BrClFNO3S/c1-7-4-9(15)6-11(13(7)18)17-21(19,20)12-3-2-8(14)5-10(12)16/h2-6,17-18H,1H3. The Hall–Kier alpha value is -1.31. The Morgan fingerprint density at radius 2 is 1.95 bits per heavy atom. The van der Waals surface area contributed by atoms with E-state index in [0.29, 0.717) is 10.0 Å². The average Bonchev–Trinajstić information content (AvgIpc) is 2.34. The van der Waals surface area contributed by atoms with Crippen molar-refractivity contribution in [1.82, 2.24) is 0 Å². The summed E-state index contributed by atoms with van der Waals surface area (Å²) in [6.45, 7) is 1.57. The number of halogens is 3. The van der Waals surface area contributed by atoms with E-state index in [9.17, 15) is 17.9 Å². The summed E-state index contributed by atoms with van der Waals surface area (Å²) in [5.41, 5.74) is 0.291. The highest BCUT2D eigenvalue weighted by Gasteiger charge is 2.21. The van der Waals surface area contributed by atoms with Crippen molar-refractivity contribution in [2.75, 3.05) is 4.72 Å². The van der Waals surface area contributed by atoms with Gasteiger partial charge in [0, 0.05) is 9.50 Å². The van der Waals surface area contributed by atoms with Crippen molar-refractivity contribution < 1.29 is 17.9 Å². The van der Waals surface area contributed by atoms with E-state index in [1.807, 2.05) is 0 Å². The zero-order chi connectivity index (χ0) is 15.8. The monoisotopic (exact) mass is 393 g/mol. The fourth-order valence-corrected chi connectivity index (χ4v) is 3.43. The van der Waals surface area contributed by atoms with Gasteiger partial charge in [-0.2, -0.15) is 0 Å². The molecule has 0 spiro atoms. The second kappa shape index (κ2) is 5.82. The maximum absolute atomic E-state index is 13.8. The number of hydrogen-bond acceptors (Lipinski definition) is 3. The lowest BCUT2D eigenvalue weighted by atomic mass is 10.2. The van der Waals surface area contributed by atoms with Gasteiger partial charge in [0.2, 0.25) is 0 Å². The van der Waals surface area contributed by atoms with Gasteiger partial charge in [-0.25, -0.2) is 12.8 Å². The van der Waals surface area contributed by atoms with Gasteiger partial charge >= 0.3 is 0 Å². The van der Waals surface area contributed by atoms with Gasteiger partial charge in [0.05, 0.1) is 5.69 Å². The molecule has 0 unspecified atom stereocenters. The van der Waals surface area contributed by atoms with Crippen molar-refractivity contribution >= 4 is 43.2 Å². The highest BCUT2D eigenvalue weighted by Crippen LogP contribution is 2.33. The van der Waals surface area contributed by atoms with Crippen LogP contribution in [0.5, 0.6) is 5.75 Å². The summed E-state index contributed by atoms with van der Waals surface area (Å²) in [5.74, 6) is -1.17. The molecule has 0 aliphatic heterocycles. The molecule has 0 amide bonds. The summed E-state index contributed by atoms with van der Waals surface area (Å²) >= 11 is 8.87. The number of phenolic OH excluding ortho intramolecular Hbond substituents is 1. The van der Waals surface area contributed by atoms with E-state index in [-0.39, 0.29) is 16.5 Å². The SMILES string of the molecule is Cc1cc(Cl)cc(NS(=O)(=O)c2ccc(Br)cc2F)c1O. The molecule has 0 bridgehead atoms. The highest BCUT2D eigenvalue weighted by molar-refractivity contribution is 9.10. The Morgan fingerprint density at radius 3 is 2.57 bits per heavy atom. The summed E-state index contributed by atoms with van der Waals surface area (Å²) in [4.78, 5) is -0.525. The number of hydrogen-bond donors (Lipinski definition) is 2. The van der Waals surface area contributed by atoms with Crippen LogP contribution in [0.2, 0.25) is 5.02 Å². The second-order valence-electron chi connectivity index (χ2n) is 4.30. The molecule has 112 valence electrons. The molecule has 0 atom stereocenters. The van der Waals surface area contributed by atoms with E-state index in [4.69, 9.17) is 11.6 Å². The Kier molecular flexibility index (Phi) is 4.46. The Bertz CT molecular complexity index is 811. The smallest absolute Gasteiger partial charge is 0.264 e. The van der Waals surface area contributed by atoms with Crippen LogP contribution in [0.25, 0.3) is 0 Å². The molecule has 2 aromatic rings. The summed E-state index contributed by atoms with van der Waals surface area (Å²) in [7, 11) is -4.18. The van der Waals surface area contributed by atoms with Crippen molar-refractivity contribution in [2.45, 2.75) is 11.8 Å². The van der Waals surface area contributed by atoms with E-state index in [0.717, 1.165) is 12.1 Å². The van der Waals surface area contributed by atoms with Crippen LogP contribution in [0.1, 0.15) is 5.56 Å². The molecule has 0 aliphatic rings. The predicted molar refractivity (Wildman–Crippen MR) is 82.8 cm³/mol. The minimum atomic E-state index is -4.18. The molecule has 4 nitrogen and oxygen atoms in total. The third kappa shape index (κ3) is 3.48. The van der Waals surface area contributed by atoms with Crippen LogP contribution in [0, 0.1) is 12.7 Å². The first-order valence-electron chi connectivity index (χ1n) is 5.67. The summed E-state index contributed by atoms with van der Waals surface area (Å²) < 4.78 is 40.7. The highest BCUT2D eigenvalue weighted by atomic mass is 79.9. The number of benzene rings is 2. The molecule has 2 rings (SSSR count). The fraction of sp³-hybridized carbons (Fsp3) is 0.0769. The van der Waals surface area contributed by atoms with Crippen molar-refractivity contribution in [1.29, 1.82) is 0 Å². The number of aryl methyl sites for hydroxylation is 1. The molecule has 21 heavy (non-hydrogen) atoms. The van der Waals surface area contributed by atoms with Crippen molar-refractivity contribution in [3.05, 3.63) is 51.2 Å². The number of aromatic hydroxyl groups is 1. The third-order valence-electron chi connectivity index (χ3n) is 2.69. The third-order valence-corrected chi connectivity index (χ3v) is 4.80. The quantitative estimate of drug-likeness (QED) is 0.772. The van der Waals surface area contributed by atoms with Gasteiger partial charge in [-0.15, -0.1) is 0 Å². The predicted octanol–water partition coefficient (Wildman–Crippen LogP) is 4.06. The van der Waals surface area contributed by atoms with Crippen LogP contribution in [0.15, 0.2) is 39.7 Å². The minimum absolute atomic E-state index is 0.109. The second-order valence-corrected chi connectivity index (χ2v) is 7.30. The number of nitrogens with one attached hydrogen (secondary N) is 1. The van der Waals surface area contributed by atoms with Crippen molar-refractivity contribution in [3.63, 3.8) is 0 Å². The van der Waals surface area contributed by atoms with Gasteiger partial charge in [-0.05, 0) is 42.8 Å². The van der Waals surface area contributed by atoms with Crippen molar-refractivity contribution in [2.24, 2.45) is 0 Å². The van der Waals surface area contributed by atoms with E-state index >= 15 is 0 Å². The van der Waals surface area contributed by atoms with Crippen LogP contribution in [0.3, 0.4) is 0 Å². The molecular weight excluding hydrogens is 385 g/mol. The number of anilines is 1. The summed E-state index contributed by atoms with van der Waals surface area (Å²) in [6, 6.07) is 6.29. The van der Waals surface area contributed by atoms with E-state index in [1.54, 1.807) is 6.92 Å². The molecule has 0 aromatic heterocycles. The molecule has 0 heterocycles. The largest absolute Gasteiger partial charge is 0.505 e. The molecule has 8 heteroatoms. The van der Waals surface area contributed by atoms with Gasteiger partial charge in [0.15, 0.2) is 0 Å². The van der Waals surface area contributed by atoms with Gasteiger partial charge in [-0.3, -0.25) is 4.72 Å². The van der Waals surface area contributed by atoms with Crippen LogP contribution >= 0.6 is 27.5 Å². The lowest BCUT2D eigenvalue weighted by Gasteiger charge is -2.12. The zero-order valence-corrected chi connectivity index (χ0v) is 13.9. The van der Waals surface area contributed by atoms with E-state index in [2.05, 4.69) is 20.7 Å². The summed E-state index contributed by atoms with van der Waals surface area (Å²) in [5, 5.41) is 10.1. The first-order valence-corrected chi connectivity index (χ1v) is 8.33. The molecular formula is C13H10BrClFNO3S. The van der Waals surface area contributed by atoms with E-state index < -0.39 is 20.7 Å². The molecule has 0 radical (unpaired) electrons. The maximum atomic E-state index is 13.8. The Morgan fingerprint density at radius 1 is 1.29 bits per heavy atom. The number of sulfonamides is 1. The minimum Gasteiger partial charge on any atom is -0.505 e. The maximum Gasteiger partial charge on any atom is 0.264 e. The molecule has 0 saturated carbocycles. The van der Waals surface area contributed by atoms with E-state index in [1.165, 1.54) is 18.2 Å². The average molecular weight is 395 g/mol. The van der Waals surface area contributed by atoms with Gasteiger partial charge < -0.3 is 5.11 Å². The first-order chi connectivity index (χ1) is 9.70. The lowest BCUT2D eigenvalue weighted by Crippen LogP contribution is -2.15. The first kappa shape index (κ1) is 16.1. The van der Waals surface area contributed by atoms with Gasteiger partial charge in [0.1, 0.15) is 16.5 Å². The zero-order valence-electron chi connectivity index (χ0n) is 10.7. The Balaban J connectivity index is 2.47. The molecule has 0 saturated heterocycles. The van der Waals surface area contributed by atoms with Crippen LogP contribution in [-0.4, -0.2) is 13.5 Å².